The molecule has 0 unspecified atom stereocenters. The number of piperidine rings is 1. The quantitative estimate of drug-likeness (QED) is 0.901. The third-order valence-corrected chi connectivity index (χ3v) is 4.27. The van der Waals surface area contributed by atoms with Gasteiger partial charge in [0.2, 0.25) is 5.89 Å². The highest BCUT2D eigenvalue weighted by Crippen LogP contribution is 2.18. The molecule has 2 aromatic rings. The molecule has 1 saturated heterocycles. The summed E-state index contributed by atoms with van der Waals surface area (Å²) in [4.78, 5) is 25.7. The first-order chi connectivity index (χ1) is 12.6. The molecule has 0 spiro atoms. The van der Waals surface area contributed by atoms with Gasteiger partial charge in [0.25, 0.3) is 0 Å². The number of amides is 2. The summed E-state index contributed by atoms with van der Waals surface area (Å²) in [7, 11) is 0. The minimum absolute atomic E-state index is 0.0390. The van der Waals surface area contributed by atoms with Crippen LogP contribution in [0.4, 0.5) is 4.79 Å². The molecule has 26 heavy (non-hydrogen) atoms. The van der Waals surface area contributed by atoms with Crippen LogP contribution in [-0.4, -0.2) is 52.8 Å². The van der Waals surface area contributed by atoms with Crippen molar-refractivity contribution in [2.24, 2.45) is 0 Å². The Morgan fingerprint density at radius 3 is 2.58 bits per heavy atom. The number of aryl methyl sites for hydroxylation is 1. The second kappa shape index (κ2) is 7.99. The topological polar surface area (TPSA) is 97.6 Å². The first-order valence-electron chi connectivity index (χ1n) is 8.70. The second-order valence-electron chi connectivity index (χ2n) is 6.21. The molecule has 3 rings (SSSR count). The van der Waals surface area contributed by atoms with Gasteiger partial charge in [0.05, 0.1) is 6.61 Å². The number of hydrogen-bond acceptors (Lipinski definition) is 6. The SMILES string of the molecule is CCOC(=O)N1CCC(NC(=O)c2nnc(-c3ccc(C)cc3)o2)CC1. The Morgan fingerprint density at radius 1 is 1.23 bits per heavy atom. The van der Waals surface area contributed by atoms with Gasteiger partial charge in [0, 0.05) is 24.7 Å². The number of likely N-dealkylation sites (tertiary alicyclic amines) is 1. The predicted octanol–water partition coefficient (Wildman–Crippen LogP) is 2.40. The van der Waals surface area contributed by atoms with Crippen LogP contribution in [0.5, 0.6) is 0 Å². The Labute approximate surface area is 151 Å². The number of carbonyl (C=O) groups is 2. The first-order valence-corrected chi connectivity index (χ1v) is 8.70. The van der Waals surface area contributed by atoms with E-state index in [4.69, 9.17) is 9.15 Å². The molecule has 1 fully saturated rings. The lowest BCUT2D eigenvalue weighted by Crippen LogP contribution is -2.46. The zero-order chi connectivity index (χ0) is 18.5. The highest BCUT2D eigenvalue weighted by molar-refractivity contribution is 5.89. The van der Waals surface area contributed by atoms with Crippen LogP contribution in [0.25, 0.3) is 11.5 Å². The summed E-state index contributed by atoms with van der Waals surface area (Å²) in [5.74, 6) is -0.147. The van der Waals surface area contributed by atoms with Crippen LogP contribution in [0.3, 0.4) is 0 Å². The minimum Gasteiger partial charge on any atom is -0.450 e. The Morgan fingerprint density at radius 2 is 1.92 bits per heavy atom. The molecular weight excluding hydrogens is 336 g/mol. The van der Waals surface area contributed by atoms with Crippen molar-refractivity contribution in [1.82, 2.24) is 20.4 Å². The second-order valence-corrected chi connectivity index (χ2v) is 6.21. The zero-order valence-electron chi connectivity index (χ0n) is 14.9. The van der Waals surface area contributed by atoms with Gasteiger partial charge in [0.1, 0.15) is 0 Å². The van der Waals surface area contributed by atoms with Crippen LogP contribution in [-0.2, 0) is 4.74 Å². The number of ether oxygens (including phenoxy) is 1. The lowest BCUT2D eigenvalue weighted by Gasteiger charge is -2.31. The molecule has 1 aliphatic heterocycles. The van der Waals surface area contributed by atoms with E-state index in [1.165, 1.54) is 0 Å². The normalized spacial score (nSPS) is 14.9. The van der Waals surface area contributed by atoms with E-state index in [1.807, 2.05) is 31.2 Å². The average molecular weight is 358 g/mol. The van der Waals surface area contributed by atoms with Crippen LogP contribution in [0.1, 0.15) is 36.0 Å². The monoisotopic (exact) mass is 358 g/mol. The van der Waals surface area contributed by atoms with E-state index in [0.717, 1.165) is 11.1 Å². The number of benzene rings is 1. The summed E-state index contributed by atoms with van der Waals surface area (Å²) in [5, 5.41) is 10.7. The Hall–Kier alpha value is -2.90. The van der Waals surface area contributed by atoms with E-state index < -0.39 is 5.91 Å². The maximum Gasteiger partial charge on any atom is 0.409 e. The summed E-state index contributed by atoms with van der Waals surface area (Å²) < 4.78 is 10.5. The summed E-state index contributed by atoms with van der Waals surface area (Å²) in [5.41, 5.74) is 1.89. The van der Waals surface area contributed by atoms with Crippen molar-refractivity contribution >= 4 is 12.0 Å². The van der Waals surface area contributed by atoms with E-state index in [2.05, 4.69) is 15.5 Å². The molecule has 1 N–H and O–H groups in total. The van der Waals surface area contributed by atoms with Gasteiger partial charge < -0.3 is 19.4 Å². The van der Waals surface area contributed by atoms with Crippen molar-refractivity contribution in [1.29, 1.82) is 0 Å². The van der Waals surface area contributed by atoms with Gasteiger partial charge in [-0.15, -0.1) is 10.2 Å². The fraction of sp³-hybridized carbons (Fsp3) is 0.444. The molecule has 1 aliphatic rings. The summed E-state index contributed by atoms with van der Waals surface area (Å²) in [6, 6.07) is 7.58. The number of hydrogen-bond donors (Lipinski definition) is 1. The Bertz CT molecular complexity index is 764. The van der Waals surface area contributed by atoms with Crippen LogP contribution < -0.4 is 5.32 Å². The summed E-state index contributed by atoms with van der Waals surface area (Å²) in [6.07, 6.45) is 1.00. The fourth-order valence-electron chi connectivity index (χ4n) is 2.80. The fourth-order valence-corrected chi connectivity index (χ4v) is 2.80. The molecule has 8 nitrogen and oxygen atoms in total. The highest BCUT2D eigenvalue weighted by atomic mass is 16.6. The molecule has 1 aromatic heterocycles. The number of carbonyl (C=O) groups excluding carboxylic acids is 2. The Kier molecular flexibility index (Phi) is 5.50. The molecule has 2 heterocycles. The third kappa shape index (κ3) is 4.19. The lowest BCUT2D eigenvalue weighted by molar-refractivity contribution is 0.0836. The molecule has 8 heteroatoms. The molecule has 0 aliphatic carbocycles. The molecular formula is C18H22N4O4. The van der Waals surface area contributed by atoms with E-state index in [9.17, 15) is 9.59 Å². The summed E-state index contributed by atoms with van der Waals surface area (Å²) in [6.45, 7) is 5.21. The molecule has 0 bridgehead atoms. The Balaban J connectivity index is 1.55. The van der Waals surface area contributed by atoms with Crippen LogP contribution in [0.2, 0.25) is 0 Å². The van der Waals surface area contributed by atoms with Crippen molar-refractivity contribution in [2.75, 3.05) is 19.7 Å². The molecule has 0 saturated carbocycles. The van der Waals surface area contributed by atoms with Crippen LogP contribution >= 0.6 is 0 Å². The van der Waals surface area contributed by atoms with Crippen molar-refractivity contribution in [2.45, 2.75) is 32.7 Å². The zero-order valence-corrected chi connectivity index (χ0v) is 14.9. The van der Waals surface area contributed by atoms with Crippen molar-refractivity contribution in [3.8, 4) is 11.5 Å². The number of aromatic nitrogens is 2. The van der Waals surface area contributed by atoms with E-state index in [1.54, 1.807) is 11.8 Å². The standard InChI is InChI=1S/C18H22N4O4/c1-3-25-18(24)22-10-8-14(9-11-22)19-15(23)17-21-20-16(26-17)13-6-4-12(2)5-7-13/h4-7,14H,3,8-11H2,1-2H3,(H,19,23). The third-order valence-electron chi connectivity index (χ3n) is 4.27. The average Bonchev–Trinajstić information content (AvgIpc) is 3.13. The van der Waals surface area contributed by atoms with Crippen molar-refractivity contribution in [3.05, 3.63) is 35.7 Å². The maximum absolute atomic E-state index is 12.3. The van der Waals surface area contributed by atoms with E-state index in [0.29, 0.717) is 38.4 Å². The number of rotatable bonds is 4. The summed E-state index contributed by atoms with van der Waals surface area (Å²) >= 11 is 0. The van der Waals surface area contributed by atoms with E-state index >= 15 is 0 Å². The minimum atomic E-state index is -0.398. The van der Waals surface area contributed by atoms with Gasteiger partial charge in [0.15, 0.2) is 0 Å². The lowest BCUT2D eigenvalue weighted by atomic mass is 10.1. The predicted molar refractivity (Wildman–Crippen MR) is 93.6 cm³/mol. The van der Waals surface area contributed by atoms with Gasteiger partial charge in [-0.2, -0.15) is 0 Å². The van der Waals surface area contributed by atoms with Crippen LogP contribution in [0.15, 0.2) is 28.7 Å². The molecule has 138 valence electrons. The molecule has 1 aromatic carbocycles. The van der Waals surface area contributed by atoms with Gasteiger partial charge >= 0.3 is 17.9 Å². The van der Waals surface area contributed by atoms with Gasteiger partial charge in [-0.1, -0.05) is 17.7 Å². The van der Waals surface area contributed by atoms with Gasteiger partial charge in [-0.05, 0) is 38.8 Å². The molecule has 0 atom stereocenters. The van der Waals surface area contributed by atoms with Gasteiger partial charge in [-0.25, -0.2) is 4.79 Å². The highest BCUT2D eigenvalue weighted by Gasteiger charge is 2.26. The van der Waals surface area contributed by atoms with Crippen molar-refractivity contribution in [3.63, 3.8) is 0 Å². The smallest absolute Gasteiger partial charge is 0.409 e. The van der Waals surface area contributed by atoms with Gasteiger partial charge in [-0.3, -0.25) is 4.79 Å². The molecule has 2 amide bonds. The first kappa shape index (κ1) is 17.9. The van der Waals surface area contributed by atoms with E-state index in [-0.39, 0.29) is 18.0 Å². The molecule has 0 radical (unpaired) electrons. The van der Waals surface area contributed by atoms with Crippen molar-refractivity contribution < 1.29 is 18.7 Å². The largest absolute Gasteiger partial charge is 0.450 e. The van der Waals surface area contributed by atoms with Crippen LogP contribution in [0, 0.1) is 6.92 Å². The number of nitrogens with zero attached hydrogens (tertiary/aromatic N) is 3. The maximum atomic E-state index is 12.3. The number of nitrogens with one attached hydrogen (secondary N) is 1.